The van der Waals surface area contributed by atoms with E-state index in [0.717, 1.165) is 0 Å². The molecule has 0 bridgehead atoms. The van der Waals surface area contributed by atoms with Gasteiger partial charge in [0.15, 0.2) is 0 Å². The summed E-state index contributed by atoms with van der Waals surface area (Å²) in [5.74, 6) is 0.0845. The number of ether oxygens (including phenoxy) is 1. The van der Waals surface area contributed by atoms with Gasteiger partial charge in [0, 0.05) is 0 Å². The van der Waals surface area contributed by atoms with E-state index in [1.165, 1.54) is 12.1 Å². The highest BCUT2D eigenvalue weighted by atomic mass is 35.6. The molecule has 0 heterocycles. The van der Waals surface area contributed by atoms with Gasteiger partial charge in [-0.2, -0.15) is 5.26 Å². The van der Waals surface area contributed by atoms with E-state index in [-0.39, 0.29) is 11.3 Å². The van der Waals surface area contributed by atoms with Crippen molar-refractivity contribution in [2.45, 2.75) is 17.6 Å². The Bertz CT molecular complexity index is 533. The van der Waals surface area contributed by atoms with E-state index in [4.69, 9.17) is 44.8 Å². The molecule has 0 aliphatic carbocycles. The predicted octanol–water partition coefficient (Wildman–Crippen LogP) is 3.90. The SMILES string of the molecule is CC(C)COc1ccc(NC(=O)C(Cl)(Cl)Cl)c(C#N)c1. The number of nitriles is 1. The van der Waals surface area contributed by atoms with Crippen molar-refractivity contribution >= 4 is 46.4 Å². The molecule has 1 aromatic carbocycles. The number of carbonyl (C=O) groups is 1. The number of anilines is 1. The predicted molar refractivity (Wildman–Crippen MR) is 80.4 cm³/mol. The third-order valence-corrected chi connectivity index (χ3v) is 2.72. The van der Waals surface area contributed by atoms with Crippen molar-refractivity contribution in [2.75, 3.05) is 11.9 Å². The van der Waals surface area contributed by atoms with Crippen molar-refractivity contribution in [1.29, 1.82) is 5.26 Å². The maximum atomic E-state index is 11.6. The van der Waals surface area contributed by atoms with E-state index < -0.39 is 9.70 Å². The molecule has 0 aromatic heterocycles. The van der Waals surface area contributed by atoms with Gasteiger partial charge in [-0.3, -0.25) is 4.79 Å². The summed E-state index contributed by atoms with van der Waals surface area (Å²) in [7, 11) is 0. The minimum absolute atomic E-state index is 0.230. The molecule has 1 amide bonds. The van der Waals surface area contributed by atoms with Crippen LogP contribution in [-0.2, 0) is 4.79 Å². The van der Waals surface area contributed by atoms with Gasteiger partial charge in [0.25, 0.3) is 9.70 Å². The normalized spacial score (nSPS) is 11.1. The summed E-state index contributed by atoms with van der Waals surface area (Å²) in [4.78, 5) is 11.6. The summed E-state index contributed by atoms with van der Waals surface area (Å²) in [6.07, 6.45) is 0. The van der Waals surface area contributed by atoms with Crippen LogP contribution in [0.5, 0.6) is 5.75 Å². The van der Waals surface area contributed by atoms with Crippen LogP contribution in [0.15, 0.2) is 18.2 Å². The lowest BCUT2D eigenvalue weighted by Gasteiger charge is -2.14. The van der Waals surface area contributed by atoms with Crippen molar-refractivity contribution in [3.8, 4) is 11.8 Å². The van der Waals surface area contributed by atoms with Gasteiger partial charge in [0.2, 0.25) is 0 Å². The molecule has 0 radical (unpaired) electrons. The van der Waals surface area contributed by atoms with Crippen molar-refractivity contribution in [3.05, 3.63) is 23.8 Å². The molecule has 108 valence electrons. The number of benzene rings is 1. The molecule has 1 rings (SSSR count). The number of hydrogen-bond acceptors (Lipinski definition) is 3. The number of halogens is 3. The molecule has 0 atom stereocenters. The average molecular weight is 336 g/mol. The second-order valence-corrected chi connectivity index (χ2v) is 6.76. The highest BCUT2D eigenvalue weighted by molar-refractivity contribution is 6.76. The number of amides is 1. The first-order valence-electron chi connectivity index (χ1n) is 5.79. The van der Waals surface area contributed by atoms with Crippen molar-refractivity contribution in [1.82, 2.24) is 0 Å². The summed E-state index contributed by atoms with van der Waals surface area (Å²) in [5.41, 5.74) is 0.495. The van der Waals surface area contributed by atoms with Gasteiger partial charge in [-0.15, -0.1) is 0 Å². The molecule has 1 N–H and O–H groups in total. The molecule has 7 heteroatoms. The van der Waals surface area contributed by atoms with Gasteiger partial charge in [-0.25, -0.2) is 0 Å². The highest BCUT2D eigenvalue weighted by Crippen LogP contribution is 2.29. The number of nitrogens with zero attached hydrogens (tertiary/aromatic N) is 1. The average Bonchev–Trinajstić information content (AvgIpc) is 2.36. The van der Waals surface area contributed by atoms with Crippen LogP contribution in [0.25, 0.3) is 0 Å². The maximum Gasteiger partial charge on any atom is 0.276 e. The summed E-state index contributed by atoms with van der Waals surface area (Å²) < 4.78 is 3.41. The number of hydrogen-bond donors (Lipinski definition) is 1. The first-order valence-corrected chi connectivity index (χ1v) is 6.92. The lowest BCUT2D eigenvalue weighted by molar-refractivity contribution is -0.115. The van der Waals surface area contributed by atoms with E-state index >= 15 is 0 Å². The Morgan fingerprint density at radius 1 is 1.45 bits per heavy atom. The van der Waals surface area contributed by atoms with Crippen LogP contribution in [0.2, 0.25) is 0 Å². The summed E-state index contributed by atoms with van der Waals surface area (Å²) in [6.45, 7) is 4.56. The standard InChI is InChI=1S/C13H13Cl3N2O2/c1-8(2)7-20-10-3-4-11(9(5-10)6-17)18-12(19)13(14,15)16/h3-5,8H,7H2,1-2H3,(H,18,19). The lowest BCUT2D eigenvalue weighted by atomic mass is 10.2. The smallest absolute Gasteiger partial charge is 0.276 e. The maximum absolute atomic E-state index is 11.6. The molecule has 0 saturated carbocycles. The molecule has 20 heavy (non-hydrogen) atoms. The Morgan fingerprint density at radius 3 is 2.60 bits per heavy atom. The van der Waals surface area contributed by atoms with Crippen molar-refractivity contribution in [2.24, 2.45) is 5.92 Å². The number of alkyl halides is 3. The van der Waals surface area contributed by atoms with Crippen LogP contribution < -0.4 is 10.1 Å². The fourth-order valence-corrected chi connectivity index (χ4v) is 1.41. The Balaban J connectivity index is 2.89. The molecule has 0 fully saturated rings. The van der Waals surface area contributed by atoms with Gasteiger partial charge < -0.3 is 10.1 Å². The second-order valence-electron chi connectivity index (χ2n) is 4.48. The van der Waals surface area contributed by atoms with Gasteiger partial charge in [0.1, 0.15) is 11.8 Å². The van der Waals surface area contributed by atoms with Crippen LogP contribution in [0.4, 0.5) is 5.69 Å². The van der Waals surface area contributed by atoms with E-state index in [2.05, 4.69) is 5.32 Å². The van der Waals surface area contributed by atoms with Gasteiger partial charge in [-0.05, 0) is 24.1 Å². The number of rotatable bonds is 4. The number of nitrogens with one attached hydrogen (secondary N) is 1. The minimum atomic E-state index is -2.08. The lowest BCUT2D eigenvalue weighted by Crippen LogP contribution is -2.27. The van der Waals surface area contributed by atoms with Gasteiger partial charge in [0.05, 0.1) is 17.9 Å². The Labute approximate surface area is 132 Å². The fourth-order valence-electron chi connectivity index (χ4n) is 1.27. The third kappa shape index (κ3) is 5.09. The first kappa shape index (κ1) is 16.9. The molecule has 1 aromatic rings. The molecule has 0 aliphatic heterocycles. The first-order chi connectivity index (χ1) is 9.24. The quantitative estimate of drug-likeness (QED) is 0.849. The van der Waals surface area contributed by atoms with Gasteiger partial charge in [-0.1, -0.05) is 48.7 Å². The number of carbonyl (C=O) groups excluding carboxylic acids is 1. The van der Waals surface area contributed by atoms with Crippen molar-refractivity contribution in [3.63, 3.8) is 0 Å². The zero-order valence-electron chi connectivity index (χ0n) is 10.9. The van der Waals surface area contributed by atoms with E-state index in [9.17, 15) is 4.79 Å². The second kappa shape index (κ2) is 7.03. The van der Waals surface area contributed by atoms with Crippen LogP contribution in [0.3, 0.4) is 0 Å². The van der Waals surface area contributed by atoms with Crippen LogP contribution >= 0.6 is 34.8 Å². The molecule has 0 unspecified atom stereocenters. The summed E-state index contributed by atoms with van der Waals surface area (Å²) >= 11 is 16.4. The summed E-state index contributed by atoms with van der Waals surface area (Å²) in [5, 5.41) is 11.5. The molecular weight excluding hydrogens is 323 g/mol. The highest BCUT2D eigenvalue weighted by Gasteiger charge is 2.31. The zero-order valence-corrected chi connectivity index (χ0v) is 13.2. The zero-order chi connectivity index (χ0) is 15.3. The van der Waals surface area contributed by atoms with Crippen molar-refractivity contribution < 1.29 is 9.53 Å². The van der Waals surface area contributed by atoms with Crippen LogP contribution in [-0.4, -0.2) is 16.3 Å². The van der Waals surface area contributed by atoms with E-state index in [1.54, 1.807) is 6.07 Å². The van der Waals surface area contributed by atoms with Gasteiger partial charge >= 0.3 is 0 Å². The topological polar surface area (TPSA) is 62.1 Å². The molecule has 0 aliphatic rings. The van der Waals surface area contributed by atoms with E-state index in [1.807, 2.05) is 19.9 Å². The van der Waals surface area contributed by atoms with Crippen LogP contribution in [0, 0.1) is 17.2 Å². The summed E-state index contributed by atoms with van der Waals surface area (Å²) in [6, 6.07) is 6.65. The Kier molecular flexibility index (Phi) is 5.94. The Morgan fingerprint density at radius 2 is 2.10 bits per heavy atom. The van der Waals surface area contributed by atoms with Crippen LogP contribution in [0.1, 0.15) is 19.4 Å². The molecule has 0 spiro atoms. The minimum Gasteiger partial charge on any atom is -0.493 e. The largest absolute Gasteiger partial charge is 0.493 e. The Hall–Kier alpha value is -1.15. The molecule has 0 saturated heterocycles. The monoisotopic (exact) mass is 334 g/mol. The third-order valence-electron chi connectivity index (χ3n) is 2.20. The molecular formula is C13H13Cl3N2O2. The fraction of sp³-hybridized carbons (Fsp3) is 0.385. The van der Waals surface area contributed by atoms with E-state index in [0.29, 0.717) is 18.3 Å². The molecule has 4 nitrogen and oxygen atoms in total.